The Bertz CT molecular complexity index is 1320. The summed E-state index contributed by atoms with van der Waals surface area (Å²) >= 11 is 1.31. The van der Waals surface area contributed by atoms with Gasteiger partial charge >= 0.3 is 0 Å². The van der Waals surface area contributed by atoms with Crippen LogP contribution in [0, 0.1) is 24.0 Å². The largest absolute Gasteiger partial charge is 0.473 e. The van der Waals surface area contributed by atoms with Crippen LogP contribution in [0.3, 0.4) is 0 Å². The minimum Gasteiger partial charge on any atom is -0.473 e. The smallest absolute Gasteiger partial charge is 0.266 e. The van der Waals surface area contributed by atoms with Crippen LogP contribution in [-0.2, 0) is 11.3 Å². The number of aryl methyl sites for hydroxylation is 1. The molecule has 1 heterocycles. The van der Waals surface area contributed by atoms with E-state index in [0.29, 0.717) is 21.7 Å². The first-order valence-electron chi connectivity index (χ1n) is 10.1. The maximum Gasteiger partial charge on any atom is 0.266 e. The highest BCUT2D eigenvalue weighted by molar-refractivity contribution is 7.12. The van der Waals surface area contributed by atoms with E-state index >= 15 is 0 Å². The van der Waals surface area contributed by atoms with Crippen molar-refractivity contribution < 1.29 is 18.3 Å². The molecule has 7 heteroatoms. The molecule has 33 heavy (non-hydrogen) atoms. The molecule has 3 aromatic carbocycles. The molecule has 166 valence electrons. The fraction of sp³-hybridized carbons (Fsp3) is 0.0769. The fourth-order valence-corrected chi connectivity index (χ4v) is 4.14. The van der Waals surface area contributed by atoms with Gasteiger partial charge in [-0.2, -0.15) is 0 Å². The van der Waals surface area contributed by atoms with Gasteiger partial charge in [0.15, 0.2) is 0 Å². The van der Waals surface area contributed by atoms with Crippen LogP contribution < -0.4 is 5.32 Å². The van der Waals surface area contributed by atoms with Crippen molar-refractivity contribution in [3.8, 4) is 11.1 Å². The van der Waals surface area contributed by atoms with Crippen LogP contribution in [0.5, 0.6) is 0 Å². The number of amides is 1. The molecule has 1 aromatic heterocycles. The number of thiophene rings is 1. The lowest BCUT2D eigenvalue weighted by atomic mass is 10.0. The average Bonchev–Trinajstić information content (AvgIpc) is 3.25. The van der Waals surface area contributed by atoms with Gasteiger partial charge in [-0.25, -0.2) is 8.78 Å². The van der Waals surface area contributed by atoms with Gasteiger partial charge in [-0.05, 0) is 65.4 Å². The van der Waals surface area contributed by atoms with Crippen LogP contribution in [0.15, 0.2) is 78.2 Å². The standard InChI is InChI=1S/C26H20F2N2O2S/c1-16-11-12-33-24(16)26(31)30-23-10-8-19(27)14-21(23)18-7-9-20(22(28)13-18)25(29)32-15-17-5-3-2-4-6-17/h2-14,29H,15H2,1H3,(H,30,31). The van der Waals surface area contributed by atoms with E-state index in [0.717, 1.165) is 11.1 Å². The summed E-state index contributed by atoms with van der Waals surface area (Å²) in [4.78, 5) is 13.2. The van der Waals surface area contributed by atoms with Gasteiger partial charge in [0.2, 0.25) is 5.90 Å². The average molecular weight is 463 g/mol. The van der Waals surface area contributed by atoms with Gasteiger partial charge in [0.05, 0.1) is 10.4 Å². The second-order valence-electron chi connectivity index (χ2n) is 7.37. The second-order valence-corrected chi connectivity index (χ2v) is 8.29. The molecule has 0 bridgehead atoms. The summed E-state index contributed by atoms with van der Waals surface area (Å²) in [5.41, 5.74) is 2.75. The van der Waals surface area contributed by atoms with Crippen molar-refractivity contribution >= 4 is 28.8 Å². The molecule has 4 rings (SSSR count). The summed E-state index contributed by atoms with van der Waals surface area (Å²) in [6.07, 6.45) is 0. The van der Waals surface area contributed by atoms with Crippen molar-refractivity contribution in [1.29, 1.82) is 5.41 Å². The Kier molecular flexibility index (Phi) is 6.60. The van der Waals surface area contributed by atoms with E-state index in [9.17, 15) is 13.6 Å². The van der Waals surface area contributed by atoms with Crippen LogP contribution in [0.4, 0.5) is 14.5 Å². The van der Waals surface area contributed by atoms with E-state index in [1.807, 2.05) is 48.7 Å². The van der Waals surface area contributed by atoms with E-state index in [-0.39, 0.29) is 24.0 Å². The lowest BCUT2D eigenvalue weighted by Crippen LogP contribution is -2.12. The molecule has 1 amide bonds. The van der Waals surface area contributed by atoms with E-state index in [2.05, 4.69) is 5.32 Å². The lowest BCUT2D eigenvalue weighted by molar-refractivity contribution is 0.103. The fourth-order valence-electron chi connectivity index (χ4n) is 3.32. The van der Waals surface area contributed by atoms with Gasteiger partial charge in [0.25, 0.3) is 5.91 Å². The van der Waals surface area contributed by atoms with Crippen LogP contribution in [0.1, 0.15) is 26.4 Å². The normalized spacial score (nSPS) is 10.6. The van der Waals surface area contributed by atoms with Gasteiger partial charge in [-0.15, -0.1) is 11.3 Å². The minimum atomic E-state index is -0.679. The molecule has 0 unspecified atom stereocenters. The van der Waals surface area contributed by atoms with Gasteiger partial charge in [-0.1, -0.05) is 36.4 Å². The van der Waals surface area contributed by atoms with Crippen LogP contribution >= 0.6 is 11.3 Å². The summed E-state index contributed by atoms with van der Waals surface area (Å²) in [5, 5.41) is 12.7. The zero-order valence-corrected chi connectivity index (χ0v) is 18.5. The number of ether oxygens (including phenoxy) is 1. The Morgan fingerprint density at radius 2 is 1.82 bits per heavy atom. The number of anilines is 1. The molecule has 4 aromatic rings. The molecule has 0 radical (unpaired) electrons. The molecule has 0 saturated heterocycles. The quantitative estimate of drug-likeness (QED) is 0.245. The highest BCUT2D eigenvalue weighted by Crippen LogP contribution is 2.31. The number of carbonyl (C=O) groups excluding carboxylic acids is 1. The Hall–Kier alpha value is -3.84. The molecule has 0 aliphatic carbocycles. The molecule has 0 spiro atoms. The van der Waals surface area contributed by atoms with Crippen LogP contribution in [0.25, 0.3) is 11.1 Å². The lowest BCUT2D eigenvalue weighted by Gasteiger charge is -2.13. The van der Waals surface area contributed by atoms with Crippen LogP contribution in [0.2, 0.25) is 0 Å². The molecule has 0 fully saturated rings. The summed E-state index contributed by atoms with van der Waals surface area (Å²) in [5.74, 6) is -1.81. The molecular weight excluding hydrogens is 442 g/mol. The molecule has 4 nitrogen and oxygen atoms in total. The number of nitrogens with one attached hydrogen (secondary N) is 2. The highest BCUT2D eigenvalue weighted by atomic mass is 32.1. The molecule has 0 saturated carbocycles. The number of halogens is 2. The molecule has 0 aliphatic heterocycles. The highest BCUT2D eigenvalue weighted by Gasteiger charge is 2.17. The van der Waals surface area contributed by atoms with Crippen molar-refractivity contribution in [2.75, 3.05) is 5.32 Å². The third-order valence-electron chi connectivity index (χ3n) is 5.05. The van der Waals surface area contributed by atoms with Crippen molar-refractivity contribution in [1.82, 2.24) is 0 Å². The minimum absolute atomic E-state index is 0.00844. The maximum atomic E-state index is 14.9. The maximum absolute atomic E-state index is 14.9. The first-order chi connectivity index (χ1) is 15.9. The Morgan fingerprint density at radius 3 is 2.52 bits per heavy atom. The topological polar surface area (TPSA) is 62.2 Å². The van der Waals surface area contributed by atoms with Gasteiger partial charge in [0.1, 0.15) is 18.2 Å². The molecule has 0 aliphatic rings. The Balaban J connectivity index is 1.57. The Labute approximate surface area is 194 Å². The monoisotopic (exact) mass is 462 g/mol. The summed E-state index contributed by atoms with van der Waals surface area (Å²) < 4.78 is 34.3. The number of carbonyl (C=O) groups is 1. The summed E-state index contributed by atoms with van der Waals surface area (Å²) in [7, 11) is 0. The number of rotatable bonds is 6. The number of benzene rings is 3. The zero-order valence-electron chi connectivity index (χ0n) is 17.7. The van der Waals surface area contributed by atoms with Gasteiger partial charge in [0, 0.05) is 11.3 Å². The SMILES string of the molecule is Cc1ccsc1C(=O)Nc1ccc(F)cc1-c1ccc(C(=N)OCc2ccccc2)c(F)c1. The first kappa shape index (κ1) is 22.4. The third-order valence-corrected chi connectivity index (χ3v) is 6.06. The van der Waals surface area contributed by atoms with Crippen molar-refractivity contribution in [2.24, 2.45) is 0 Å². The molecular formula is C26H20F2N2O2S. The van der Waals surface area contributed by atoms with Gasteiger partial charge in [-0.3, -0.25) is 10.2 Å². The first-order valence-corrected chi connectivity index (χ1v) is 11.0. The van der Waals surface area contributed by atoms with Crippen LogP contribution in [-0.4, -0.2) is 11.8 Å². The van der Waals surface area contributed by atoms with Crippen molar-refractivity contribution in [3.05, 3.63) is 111 Å². The van der Waals surface area contributed by atoms with E-state index in [4.69, 9.17) is 10.1 Å². The second kappa shape index (κ2) is 9.75. The third kappa shape index (κ3) is 5.15. The predicted octanol–water partition coefficient (Wildman–Crippen LogP) is 6.80. The van der Waals surface area contributed by atoms with Gasteiger partial charge < -0.3 is 10.1 Å². The summed E-state index contributed by atoms with van der Waals surface area (Å²) in [6, 6.07) is 19.2. The molecule has 2 N–H and O–H groups in total. The van der Waals surface area contributed by atoms with E-state index < -0.39 is 11.6 Å². The summed E-state index contributed by atoms with van der Waals surface area (Å²) in [6.45, 7) is 1.98. The van der Waals surface area contributed by atoms with Crippen molar-refractivity contribution in [2.45, 2.75) is 13.5 Å². The molecule has 0 atom stereocenters. The zero-order chi connectivity index (χ0) is 23.4. The number of hydrogen-bond acceptors (Lipinski definition) is 4. The van der Waals surface area contributed by atoms with Crippen molar-refractivity contribution in [3.63, 3.8) is 0 Å². The van der Waals surface area contributed by atoms with E-state index in [1.54, 1.807) is 6.07 Å². The predicted molar refractivity (Wildman–Crippen MR) is 127 cm³/mol. The number of hydrogen-bond donors (Lipinski definition) is 2. The van der Waals surface area contributed by atoms with E-state index in [1.165, 1.54) is 41.7 Å². The Morgan fingerprint density at radius 1 is 1.03 bits per heavy atom.